The Morgan fingerprint density at radius 1 is 1.02 bits per heavy atom. The van der Waals surface area contributed by atoms with Crippen LogP contribution in [0.3, 0.4) is 0 Å². The number of aromatic nitrogens is 2. The van der Waals surface area contributed by atoms with Crippen LogP contribution in [0.4, 0.5) is 16.0 Å². The Bertz CT molecular complexity index is 1610. The van der Waals surface area contributed by atoms with E-state index in [-0.39, 0.29) is 19.2 Å². The number of morpholine rings is 1. The molecule has 0 atom stereocenters. The molecule has 0 bridgehead atoms. The quantitative estimate of drug-likeness (QED) is 0.287. The second-order valence-electron chi connectivity index (χ2n) is 9.84. The summed E-state index contributed by atoms with van der Waals surface area (Å²) in [4.78, 5) is 29.0. The number of anilines is 2. The largest absolute Gasteiger partial charge is 0.379 e. The summed E-state index contributed by atoms with van der Waals surface area (Å²) in [6.07, 6.45) is 1.75. The van der Waals surface area contributed by atoms with Gasteiger partial charge in [-0.1, -0.05) is 37.2 Å². The monoisotopic (exact) mass is 586 g/mol. The summed E-state index contributed by atoms with van der Waals surface area (Å²) < 4.78 is 19.4. The molecular weight excluding hydrogens is 555 g/mol. The number of carbonyl (C=O) groups is 1. The third-order valence-corrected chi connectivity index (χ3v) is 7.32. The maximum Gasteiger partial charge on any atom is 0.251 e. The molecule has 216 valence electrons. The Kier molecular flexibility index (Phi) is 9.22. The molecule has 0 aliphatic carbocycles. The summed E-state index contributed by atoms with van der Waals surface area (Å²) in [6, 6.07) is 19.1. The van der Waals surface area contributed by atoms with Gasteiger partial charge >= 0.3 is 0 Å². The number of fused-ring (bicyclic) bond motifs is 3. The van der Waals surface area contributed by atoms with Gasteiger partial charge in [0, 0.05) is 70.9 Å². The summed E-state index contributed by atoms with van der Waals surface area (Å²) in [5, 5.41) is 6.76. The first-order valence-corrected chi connectivity index (χ1v) is 13.8. The van der Waals surface area contributed by atoms with Gasteiger partial charge in [-0.15, -0.1) is 0 Å². The Balaban J connectivity index is 0.00000353. The Hall–Kier alpha value is -4.18. The van der Waals surface area contributed by atoms with Crippen molar-refractivity contribution in [3.05, 3.63) is 106 Å². The lowest BCUT2D eigenvalue weighted by atomic mass is 9.95. The number of ether oxygens (including phenoxy) is 1. The molecule has 1 fully saturated rings. The van der Waals surface area contributed by atoms with Crippen molar-refractivity contribution < 1.29 is 13.9 Å². The van der Waals surface area contributed by atoms with Gasteiger partial charge in [-0.05, 0) is 48.5 Å². The van der Waals surface area contributed by atoms with Crippen molar-refractivity contribution in [3.63, 3.8) is 0 Å². The molecule has 2 aliphatic rings. The second-order valence-corrected chi connectivity index (χ2v) is 10.3. The molecule has 8 nitrogen and oxygen atoms in total. The van der Waals surface area contributed by atoms with Crippen LogP contribution < -0.4 is 10.6 Å². The van der Waals surface area contributed by atoms with Crippen molar-refractivity contribution in [2.75, 3.05) is 44.7 Å². The maximum atomic E-state index is 14.1. The van der Waals surface area contributed by atoms with Gasteiger partial charge in [0.15, 0.2) is 0 Å². The lowest BCUT2D eigenvalue weighted by Gasteiger charge is -2.26. The number of hydrogen-bond acceptors (Lipinski definition) is 7. The van der Waals surface area contributed by atoms with E-state index in [9.17, 15) is 9.18 Å². The first-order chi connectivity index (χ1) is 20.0. The number of rotatable bonds is 7. The van der Waals surface area contributed by atoms with Gasteiger partial charge in [-0.25, -0.2) is 14.4 Å². The van der Waals surface area contributed by atoms with Gasteiger partial charge in [0.1, 0.15) is 5.82 Å². The van der Waals surface area contributed by atoms with Crippen molar-refractivity contribution in [1.82, 2.24) is 20.2 Å². The topological polar surface area (TPSA) is 91.7 Å². The van der Waals surface area contributed by atoms with Crippen molar-refractivity contribution in [1.29, 1.82) is 0 Å². The standard InChI is InChI=1S/C31H28ClFN6O2.CH4/c32-23-6-9-26-27(17-23)28(21-2-1-3-24(33)16-21)35-18-22-19-36-31(38-29(22)26)37-25-7-4-20(5-8-25)30(40)34-10-11-39-12-14-41-15-13-39;/h1-9,16-17,19H,10-15,18H2,(H,34,40)(H,36,37,38);1H4. The zero-order chi connectivity index (χ0) is 28.2. The molecule has 10 heteroatoms. The predicted molar refractivity (Wildman–Crippen MR) is 164 cm³/mol. The van der Waals surface area contributed by atoms with Gasteiger partial charge in [-0.3, -0.25) is 14.7 Å². The number of benzene rings is 3. The fourth-order valence-electron chi connectivity index (χ4n) is 4.96. The van der Waals surface area contributed by atoms with Crippen molar-refractivity contribution >= 4 is 34.9 Å². The van der Waals surface area contributed by atoms with Crippen molar-refractivity contribution in [3.8, 4) is 11.3 Å². The van der Waals surface area contributed by atoms with E-state index in [1.54, 1.807) is 30.5 Å². The number of nitrogens with one attached hydrogen (secondary N) is 2. The summed E-state index contributed by atoms with van der Waals surface area (Å²) in [6.45, 7) is 4.97. The first-order valence-electron chi connectivity index (χ1n) is 13.5. The summed E-state index contributed by atoms with van der Waals surface area (Å²) in [5.74, 6) is -0.0460. The van der Waals surface area contributed by atoms with E-state index in [1.165, 1.54) is 12.1 Å². The molecule has 0 spiro atoms. The van der Waals surface area contributed by atoms with Crippen LogP contribution in [0.5, 0.6) is 0 Å². The first kappa shape index (κ1) is 29.3. The zero-order valence-corrected chi connectivity index (χ0v) is 23.0. The third-order valence-electron chi connectivity index (χ3n) is 7.08. The maximum absolute atomic E-state index is 14.1. The highest BCUT2D eigenvalue weighted by Crippen LogP contribution is 2.34. The molecule has 0 saturated carbocycles. The van der Waals surface area contributed by atoms with E-state index < -0.39 is 0 Å². The van der Waals surface area contributed by atoms with E-state index in [2.05, 4.69) is 20.5 Å². The van der Waals surface area contributed by atoms with Gasteiger partial charge in [0.05, 0.1) is 31.2 Å². The number of hydrogen-bond donors (Lipinski definition) is 2. The minimum atomic E-state index is -0.335. The fourth-order valence-corrected chi connectivity index (χ4v) is 5.13. The molecule has 1 amide bonds. The lowest BCUT2D eigenvalue weighted by molar-refractivity contribution is 0.0383. The molecule has 3 heterocycles. The minimum absolute atomic E-state index is 0. The van der Waals surface area contributed by atoms with Crippen LogP contribution >= 0.6 is 11.6 Å². The summed E-state index contributed by atoms with van der Waals surface area (Å²) in [7, 11) is 0. The van der Waals surface area contributed by atoms with Crippen LogP contribution in [-0.2, 0) is 11.3 Å². The molecule has 2 N–H and O–H groups in total. The number of halogens is 2. The van der Waals surface area contributed by atoms with Gasteiger partial charge in [0.25, 0.3) is 5.91 Å². The number of amides is 1. The Morgan fingerprint density at radius 3 is 2.62 bits per heavy atom. The second kappa shape index (κ2) is 13.2. The van der Waals surface area contributed by atoms with Gasteiger partial charge in [0.2, 0.25) is 5.95 Å². The molecule has 42 heavy (non-hydrogen) atoms. The fraction of sp³-hybridized carbons (Fsp3) is 0.250. The predicted octanol–water partition coefficient (Wildman–Crippen LogP) is 5.73. The van der Waals surface area contributed by atoms with Crippen molar-refractivity contribution in [2.24, 2.45) is 4.99 Å². The normalized spacial score (nSPS) is 14.5. The average Bonchev–Trinajstić information content (AvgIpc) is 3.14. The molecule has 1 aromatic heterocycles. The number of aliphatic imine (C=N–C) groups is 1. The number of nitrogens with zero attached hydrogens (tertiary/aromatic N) is 4. The van der Waals surface area contributed by atoms with Gasteiger partial charge in [-0.2, -0.15) is 0 Å². The highest BCUT2D eigenvalue weighted by molar-refractivity contribution is 6.31. The smallest absolute Gasteiger partial charge is 0.251 e. The van der Waals surface area contributed by atoms with E-state index in [1.807, 2.05) is 30.3 Å². The van der Waals surface area contributed by atoms with E-state index >= 15 is 0 Å². The van der Waals surface area contributed by atoms with E-state index in [0.29, 0.717) is 40.9 Å². The highest BCUT2D eigenvalue weighted by atomic mass is 35.5. The zero-order valence-electron chi connectivity index (χ0n) is 22.2. The molecule has 1 saturated heterocycles. The highest BCUT2D eigenvalue weighted by Gasteiger charge is 2.22. The van der Waals surface area contributed by atoms with E-state index in [4.69, 9.17) is 26.3 Å². The Labute approximate surface area is 249 Å². The van der Waals surface area contributed by atoms with Gasteiger partial charge < -0.3 is 15.4 Å². The van der Waals surface area contributed by atoms with E-state index in [0.717, 1.165) is 60.9 Å². The molecule has 6 rings (SSSR count). The molecule has 4 aromatic rings. The summed E-state index contributed by atoms with van der Waals surface area (Å²) >= 11 is 6.37. The lowest BCUT2D eigenvalue weighted by Crippen LogP contribution is -2.41. The van der Waals surface area contributed by atoms with Crippen LogP contribution in [0.25, 0.3) is 11.3 Å². The van der Waals surface area contributed by atoms with Crippen molar-refractivity contribution in [2.45, 2.75) is 14.0 Å². The van der Waals surface area contributed by atoms with Crippen LogP contribution in [0.15, 0.2) is 77.9 Å². The molecule has 2 aliphatic heterocycles. The molecule has 0 unspecified atom stereocenters. The molecule has 0 radical (unpaired) electrons. The third kappa shape index (κ3) is 6.65. The van der Waals surface area contributed by atoms with Crippen LogP contribution in [0.2, 0.25) is 5.02 Å². The molecular formula is C32H32ClFN6O2. The van der Waals surface area contributed by atoms with Crippen LogP contribution in [0.1, 0.15) is 34.5 Å². The summed E-state index contributed by atoms with van der Waals surface area (Å²) in [5.41, 5.74) is 5.81. The van der Waals surface area contributed by atoms with Crippen LogP contribution in [0, 0.1) is 5.82 Å². The average molecular weight is 587 g/mol. The molecule has 3 aromatic carbocycles. The number of carbonyl (C=O) groups excluding carboxylic acids is 1. The van der Waals surface area contributed by atoms with Crippen LogP contribution in [-0.4, -0.2) is 65.9 Å². The SMILES string of the molecule is C.O=C(NCCN1CCOCC1)c1ccc(Nc2ncc3c(n2)-c2ccc(Cl)cc2C(c2cccc(F)c2)=NC3)cc1. The minimum Gasteiger partial charge on any atom is -0.379 e. The Morgan fingerprint density at radius 2 is 1.83 bits per heavy atom.